The van der Waals surface area contributed by atoms with Gasteiger partial charge in [-0.3, -0.25) is 4.79 Å². The largest absolute Gasteiger partial charge is 0.488 e. The van der Waals surface area contributed by atoms with Crippen LogP contribution in [0.1, 0.15) is 32.6 Å². The summed E-state index contributed by atoms with van der Waals surface area (Å²) in [5.41, 5.74) is -2.10. The van der Waals surface area contributed by atoms with Crippen molar-refractivity contribution in [2.75, 3.05) is 18.5 Å². The predicted molar refractivity (Wildman–Crippen MR) is 177 cm³/mol. The van der Waals surface area contributed by atoms with E-state index in [1.165, 1.54) is 12.1 Å². The Morgan fingerprint density at radius 1 is 0.625 bits per heavy atom. The third kappa shape index (κ3) is 7.90. The summed E-state index contributed by atoms with van der Waals surface area (Å²) in [6.45, 7) is -3.54. The van der Waals surface area contributed by atoms with E-state index < -0.39 is 121 Å². The maximum atomic E-state index is 15.2. The van der Waals surface area contributed by atoms with Crippen molar-refractivity contribution in [3.63, 3.8) is 0 Å². The van der Waals surface area contributed by atoms with E-state index in [1.807, 2.05) is 0 Å². The highest BCUT2D eigenvalue weighted by atomic mass is 32.2. The number of anilines is 1. The van der Waals surface area contributed by atoms with Gasteiger partial charge in [0.05, 0.1) is 18.8 Å². The number of benzene rings is 5. The smallest absolute Gasteiger partial charge is 0.339 e. The van der Waals surface area contributed by atoms with Gasteiger partial charge >= 0.3 is 5.97 Å². The average Bonchev–Trinajstić information content (AvgIpc) is 3.18. The van der Waals surface area contributed by atoms with Gasteiger partial charge in [0.25, 0.3) is 0 Å². The van der Waals surface area contributed by atoms with Crippen molar-refractivity contribution >= 4 is 27.6 Å². The van der Waals surface area contributed by atoms with E-state index in [2.05, 4.69) is 0 Å². The fourth-order valence-corrected chi connectivity index (χ4v) is 6.71. The van der Waals surface area contributed by atoms with Crippen LogP contribution in [0.15, 0.2) is 77.7 Å². The Bertz CT molecular complexity index is 2400. The van der Waals surface area contributed by atoms with Crippen molar-refractivity contribution < 1.29 is 71.8 Å². The Labute approximate surface area is 310 Å². The summed E-state index contributed by atoms with van der Waals surface area (Å²) in [6, 6.07) is 17.6. The van der Waals surface area contributed by atoms with Crippen LogP contribution in [0.4, 0.5) is 49.6 Å². The molecule has 5 aromatic rings. The van der Waals surface area contributed by atoms with Crippen LogP contribution in [0.2, 0.25) is 0 Å². The van der Waals surface area contributed by atoms with E-state index in [4.69, 9.17) is 4.74 Å². The maximum absolute atomic E-state index is 15.2. The molecule has 0 aromatic heterocycles. The fourth-order valence-electron chi connectivity index (χ4n) is 5.49. The van der Waals surface area contributed by atoms with E-state index >= 15 is 8.78 Å². The van der Waals surface area contributed by atoms with Gasteiger partial charge in [-0.25, -0.2) is 57.1 Å². The molecule has 1 N–H and O–H groups in total. The number of halogens is 10. The van der Waals surface area contributed by atoms with Crippen LogP contribution in [-0.4, -0.2) is 43.3 Å². The van der Waals surface area contributed by atoms with Gasteiger partial charge in [-0.05, 0) is 23.3 Å². The molecule has 0 aliphatic rings. The Morgan fingerprint density at radius 2 is 1.09 bits per heavy atom. The van der Waals surface area contributed by atoms with E-state index in [-0.39, 0.29) is 27.8 Å². The normalized spacial score (nSPS) is 11.6. The van der Waals surface area contributed by atoms with Gasteiger partial charge in [0, 0.05) is 24.6 Å². The summed E-state index contributed by atoms with van der Waals surface area (Å²) in [5.74, 6) is -29.6. The number of carbonyl (C=O) groups excluding carboxylic acids is 1. The predicted octanol–water partition coefficient (Wildman–Crippen LogP) is 7.80. The molecular formula is C37H24F10N2O6S. The summed E-state index contributed by atoms with van der Waals surface area (Å²) in [7, 11) is -5.38. The van der Waals surface area contributed by atoms with E-state index in [9.17, 15) is 58.2 Å². The number of nitrogens with zero attached hydrogens (tertiary/aromatic N) is 2. The number of likely N-dealkylation sites (N-methyl/N-ethyl adjacent to an activating group) is 1. The SMILES string of the molecule is CN(CC(=O)N(Cc1c(F)c(F)c(F)c(F)c1F)c1ccc(C(=O)O)c(OCc2ccccc2)c1Cc1ccccc1)S(=O)(=O)c1c(F)c(F)c(F)c(F)c1F. The third-order valence-corrected chi connectivity index (χ3v) is 10.1. The van der Waals surface area contributed by atoms with Crippen LogP contribution < -0.4 is 9.64 Å². The van der Waals surface area contributed by atoms with Crippen LogP contribution in [0.3, 0.4) is 0 Å². The number of sulfonamides is 1. The van der Waals surface area contributed by atoms with Crippen LogP contribution >= 0.6 is 0 Å². The molecule has 0 aliphatic heterocycles. The van der Waals surface area contributed by atoms with Crippen molar-refractivity contribution in [2.45, 2.75) is 24.5 Å². The number of carboxylic acid groups (broad SMARTS) is 1. The number of rotatable bonds is 13. The molecule has 5 rings (SSSR count). The summed E-state index contributed by atoms with van der Waals surface area (Å²) >= 11 is 0. The lowest BCUT2D eigenvalue weighted by atomic mass is 9.97. The lowest BCUT2D eigenvalue weighted by molar-refractivity contribution is -0.118. The van der Waals surface area contributed by atoms with Crippen LogP contribution in [0.5, 0.6) is 5.75 Å². The molecule has 0 heterocycles. The number of hydrogen-bond acceptors (Lipinski definition) is 5. The van der Waals surface area contributed by atoms with Gasteiger partial charge in [-0.2, -0.15) is 4.31 Å². The number of hydrogen-bond donors (Lipinski definition) is 1. The van der Waals surface area contributed by atoms with Crippen LogP contribution in [0.25, 0.3) is 0 Å². The third-order valence-electron chi connectivity index (χ3n) is 8.32. The first kappa shape index (κ1) is 41.2. The minimum atomic E-state index is -5.84. The van der Waals surface area contributed by atoms with Gasteiger partial charge < -0.3 is 14.7 Å². The number of aromatic carboxylic acids is 1. The molecule has 0 saturated heterocycles. The molecule has 19 heteroatoms. The first-order valence-corrected chi connectivity index (χ1v) is 17.2. The molecule has 0 atom stereocenters. The van der Waals surface area contributed by atoms with E-state index in [0.29, 0.717) is 18.2 Å². The summed E-state index contributed by atoms with van der Waals surface area (Å²) < 4.78 is 176. The zero-order valence-electron chi connectivity index (χ0n) is 28.3. The molecular weight excluding hydrogens is 790 g/mol. The molecule has 0 radical (unpaired) electrons. The van der Waals surface area contributed by atoms with Gasteiger partial charge in [-0.15, -0.1) is 0 Å². The molecule has 0 fully saturated rings. The molecule has 56 heavy (non-hydrogen) atoms. The number of carbonyl (C=O) groups is 2. The van der Waals surface area contributed by atoms with Crippen LogP contribution in [-0.2, 0) is 34.4 Å². The highest BCUT2D eigenvalue weighted by Crippen LogP contribution is 2.38. The van der Waals surface area contributed by atoms with Crippen molar-refractivity contribution in [3.8, 4) is 5.75 Å². The highest BCUT2D eigenvalue weighted by Gasteiger charge is 2.38. The topological polar surface area (TPSA) is 104 Å². The minimum Gasteiger partial charge on any atom is -0.488 e. The number of carboxylic acids is 1. The summed E-state index contributed by atoms with van der Waals surface area (Å²) in [6.07, 6.45) is -0.360. The fraction of sp³-hybridized carbons (Fsp3) is 0.135. The molecule has 1 amide bonds. The van der Waals surface area contributed by atoms with E-state index in [1.54, 1.807) is 48.5 Å². The molecule has 0 bridgehead atoms. The molecule has 294 valence electrons. The Hall–Kier alpha value is -5.95. The second-order valence-corrected chi connectivity index (χ2v) is 13.9. The van der Waals surface area contributed by atoms with E-state index in [0.717, 1.165) is 12.1 Å². The standard InChI is InChI=1S/C37H24F10N2O6S/c1-48(56(53,54)36-33(46)31(44)30(43)32(45)34(36)47)16-24(50)49(15-22-25(38)27(40)29(42)28(41)26(22)39)23-13-12-20(37(51)52)35(55-17-19-10-6-3-7-11-19)21(23)14-18-8-4-2-5-9-18/h2-13H,14-17H2,1H3,(H,51,52). The zero-order chi connectivity index (χ0) is 41.2. The molecule has 0 unspecified atom stereocenters. The van der Waals surface area contributed by atoms with Gasteiger partial charge in [0.1, 0.15) is 17.9 Å². The second-order valence-electron chi connectivity index (χ2n) is 11.9. The first-order valence-electron chi connectivity index (χ1n) is 15.8. The Balaban J connectivity index is 1.73. The summed E-state index contributed by atoms with van der Waals surface area (Å²) in [5, 5.41) is 10.1. The molecule has 0 spiro atoms. The van der Waals surface area contributed by atoms with Crippen molar-refractivity contribution in [1.82, 2.24) is 4.31 Å². The average molecular weight is 815 g/mol. The van der Waals surface area contributed by atoms with Gasteiger partial charge in [0.2, 0.25) is 27.6 Å². The Morgan fingerprint density at radius 3 is 1.59 bits per heavy atom. The molecule has 0 aliphatic carbocycles. The Kier molecular flexibility index (Phi) is 12.1. The summed E-state index contributed by atoms with van der Waals surface area (Å²) in [4.78, 5) is 24.5. The molecule has 5 aromatic carbocycles. The monoisotopic (exact) mass is 814 g/mol. The number of amides is 1. The minimum absolute atomic E-state index is 0.200. The lowest BCUT2D eigenvalue weighted by Crippen LogP contribution is -2.42. The van der Waals surface area contributed by atoms with Crippen LogP contribution in [0, 0.1) is 58.2 Å². The lowest BCUT2D eigenvalue weighted by Gasteiger charge is -2.29. The zero-order valence-corrected chi connectivity index (χ0v) is 29.1. The van der Waals surface area contributed by atoms with Crippen molar-refractivity contribution in [1.29, 1.82) is 0 Å². The molecule has 8 nitrogen and oxygen atoms in total. The van der Waals surface area contributed by atoms with Gasteiger partial charge in [-0.1, -0.05) is 60.7 Å². The highest BCUT2D eigenvalue weighted by molar-refractivity contribution is 7.89. The first-order chi connectivity index (χ1) is 26.4. The van der Waals surface area contributed by atoms with Crippen molar-refractivity contribution in [3.05, 3.63) is 159 Å². The molecule has 0 saturated carbocycles. The quantitative estimate of drug-likeness (QED) is 0.0740. The second kappa shape index (κ2) is 16.4. The van der Waals surface area contributed by atoms with Gasteiger partial charge in [0.15, 0.2) is 51.4 Å². The van der Waals surface area contributed by atoms with Crippen molar-refractivity contribution in [2.24, 2.45) is 0 Å². The maximum Gasteiger partial charge on any atom is 0.339 e. The number of ether oxygens (including phenoxy) is 1.